The third-order valence-electron chi connectivity index (χ3n) is 3.88. The Bertz CT molecular complexity index is 661. The minimum absolute atomic E-state index is 0.528. The van der Waals surface area contributed by atoms with Crippen LogP contribution in [0.1, 0.15) is 37.3 Å². The zero-order valence-electron chi connectivity index (χ0n) is 15.6. The van der Waals surface area contributed by atoms with E-state index < -0.39 is 0 Å². The third kappa shape index (κ3) is 5.27. The van der Waals surface area contributed by atoms with E-state index in [9.17, 15) is 0 Å². The fraction of sp³-hybridized carbons (Fsp3) is 0.556. The molecule has 0 amide bonds. The van der Waals surface area contributed by atoms with Gasteiger partial charge in [-0.1, -0.05) is 13.8 Å². The van der Waals surface area contributed by atoms with Gasteiger partial charge >= 0.3 is 0 Å². The molecule has 7 heteroatoms. The number of hydrogen-bond donors (Lipinski definition) is 2. The van der Waals surface area contributed by atoms with Crippen LogP contribution in [0.15, 0.2) is 27.8 Å². The summed E-state index contributed by atoms with van der Waals surface area (Å²) >= 11 is 0. The maximum atomic E-state index is 5.48. The lowest BCUT2D eigenvalue weighted by Crippen LogP contribution is -2.38. The Morgan fingerprint density at radius 2 is 2.12 bits per heavy atom. The molecule has 2 rings (SSSR count). The predicted molar refractivity (Wildman–Crippen MR) is 99.0 cm³/mol. The van der Waals surface area contributed by atoms with E-state index in [-0.39, 0.29) is 0 Å². The standard InChI is InChI=1S/C18H29N5O2/c1-5-10-19-18(20-11-9-14-8-7-12-25-14)21-13-15-16(6-2)22-23(3)17(15)24-4/h7-8,12H,5-6,9-11,13H2,1-4H3,(H2,19,20,21). The molecule has 0 radical (unpaired) electrons. The van der Waals surface area contributed by atoms with Crippen molar-refractivity contribution in [3.05, 3.63) is 35.4 Å². The van der Waals surface area contributed by atoms with Crippen molar-refractivity contribution < 1.29 is 9.15 Å². The first-order chi connectivity index (χ1) is 12.2. The quantitative estimate of drug-likeness (QED) is 0.537. The Labute approximate surface area is 149 Å². The fourth-order valence-electron chi connectivity index (χ4n) is 2.64. The second kappa shape index (κ2) is 9.76. The summed E-state index contributed by atoms with van der Waals surface area (Å²) in [7, 11) is 3.56. The highest BCUT2D eigenvalue weighted by Crippen LogP contribution is 2.22. The van der Waals surface area contributed by atoms with Gasteiger partial charge in [0.2, 0.25) is 5.88 Å². The van der Waals surface area contributed by atoms with Crippen LogP contribution in [-0.2, 0) is 26.4 Å². The molecule has 0 saturated heterocycles. The number of aromatic nitrogens is 2. The summed E-state index contributed by atoms with van der Waals surface area (Å²) in [4.78, 5) is 4.71. The minimum atomic E-state index is 0.528. The van der Waals surface area contributed by atoms with Crippen LogP contribution in [0, 0.1) is 0 Å². The van der Waals surface area contributed by atoms with Gasteiger partial charge in [-0.15, -0.1) is 0 Å². The summed E-state index contributed by atoms with van der Waals surface area (Å²) in [5.41, 5.74) is 2.06. The van der Waals surface area contributed by atoms with Crippen LogP contribution < -0.4 is 15.4 Å². The molecular formula is C18H29N5O2. The van der Waals surface area contributed by atoms with Crippen LogP contribution in [0.4, 0.5) is 0 Å². The van der Waals surface area contributed by atoms with Crippen molar-refractivity contribution in [3.8, 4) is 5.88 Å². The maximum absolute atomic E-state index is 5.48. The van der Waals surface area contributed by atoms with Crippen LogP contribution in [0.2, 0.25) is 0 Å². The molecule has 7 nitrogen and oxygen atoms in total. The molecule has 0 saturated carbocycles. The van der Waals surface area contributed by atoms with Crippen LogP contribution >= 0.6 is 0 Å². The number of ether oxygens (including phenoxy) is 1. The first kappa shape index (κ1) is 18.9. The Hall–Kier alpha value is -2.44. The highest BCUT2D eigenvalue weighted by atomic mass is 16.5. The smallest absolute Gasteiger partial charge is 0.216 e. The molecule has 0 aliphatic heterocycles. The lowest BCUT2D eigenvalue weighted by molar-refractivity contribution is 0.369. The highest BCUT2D eigenvalue weighted by molar-refractivity contribution is 5.79. The zero-order valence-corrected chi connectivity index (χ0v) is 15.6. The highest BCUT2D eigenvalue weighted by Gasteiger charge is 2.15. The number of furan rings is 1. The van der Waals surface area contributed by atoms with Gasteiger partial charge in [-0.05, 0) is 25.0 Å². The van der Waals surface area contributed by atoms with Crippen LogP contribution in [0.25, 0.3) is 0 Å². The molecule has 0 atom stereocenters. The van der Waals surface area contributed by atoms with Gasteiger partial charge in [0.05, 0.1) is 31.2 Å². The first-order valence-electron chi connectivity index (χ1n) is 8.82. The van der Waals surface area contributed by atoms with Crippen molar-refractivity contribution in [3.63, 3.8) is 0 Å². The molecule has 25 heavy (non-hydrogen) atoms. The number of hydrogen-bond acceptors (Lipinski definition) is 4. The fourth-order valence-corrected chi connectivity index (χ4v) is 2.64. The van der Waals surface area contributed by atoms with Gasteiger partial charge in [0.25, 0.3) is 0 Å². The van der Waals surface area contributed by atoms with E-state index in [1.807, 2.05) is 19.2 Å². The van der Waals surface area contributed by atoms with Gasteiger partial charge in [-0.3, -0.25) is 0 Å². The Morgan fingerprint density at radius 3 is 2.76 bits per heavy atom. The van der Waals surface area contributed by atoms with Gasteiger partial charge in [0.15, 0.2) is 5.96 Å². The van der Waals surface area contributed by atoms with E-state index in [4.69, 9.17) is 14.1 Å². The summed E-state index contributed by atoms with van der Waals surface area (Å²) in [5.74, 6) is 2.52. The lowest BCUT2D eigenvalue weighted by atomic mass is 10.2. The lowest BCUT2D eigenvalue weighted by Gasteiger charge is -2.12. The number of nitrogens with zero attached hydrogens (tertiary/aromatic N) is 3. The van der Waals surface area contributed by atoms with Crippen LogP contribution in [0.5, 0.6) is 5.88 Å². The molecular weight excluding hydrogens is 318 g/mol. The molecule has 138 valence electrons. The molecule has 0 fully saturated rings. The van der Waals surface area contributed by atoms with E-state index in [1.165, 1.54) is 0 Å². The van der Waals surface area contributed by atoms with E-state index in [2.05, 4.69) is 29.6 Å². The van der Waals surface area contributed by atoms with E-state index in [1.54, 1.807) is 18.1 Å². The molecule has 0 spiro atoms. The van der Waals surface area contributed by atoms with Crippen LogP contribution in [-0.4, -0.2) is 35.9 Å². The Kier molecular flexibility index (Phi) is 7.37. The van der Waals surface area contributed by atoms with Gasteiger partial charge in [-0.25, -0.2) is 9.67 Å². The third-order valence-corrected chi connectivity index (χ3v) is 3.88. The Balaban J connectivity index is 2.03. The monoisotopic (exact) mass is 347 g/mol. The number of methoxy groups -OCH3 is 1. The summed E-state index contributed by atoms with van der Waals surface area (Å²) in [6.45, 7) is 6.38. The van der Waals surface area contributed by atoms with Crippen LogP contribution in [0.3, 0.4) is 0 Å². The molecule has 0 aliphatic rings. The number of aryl methyl sites for hydroxylation is 2. The summed E-state index contributed by atoms with van der Waals surface area (Å²) < 4.78 is 12.6. The summed E-state index contributed by atoms with van der Waals surface area (Å²) in [6, 6.07) is 3.88. The first-order valence-corrected chi connectivity index (χ1v) is 8.82. The van der Waals surface area contributed by atoms with Crippen molar-refractivity contribution in [2.45, 2.75) is 39.7 Å². The average molecular weight is 347 g/mol. The maximum Gasteiger partial charge on any atom is 0.216 e. The molecule has 0 aliphatic carbocycles. The summed E-state index contributed by atoms with van der Waals surface area (Å²) in [5, 5.41) is 11.2. The Morgan fingerprint density at radius 1 is 1.32 bits per heavy atom. The second-order valence-corrected chi connectivity index (χ2v) is 5.76. The SMILES string of the molecule is CCCNC(=NCc1c(CC)nn(C)c1OC)NCCc1ccco1. The molecule has 0 bridgehead atoms. The number of aliphatic imine (C=N–C) groups is 1. The van der Waals surface area contributed by atoms with Crippen molar-refractivity contribution in [2.75, 3.05) is 20.2 Å². The largest absolute Gasteiger partial charge is 0.481 e. The second-order valence-electron chi connectivity index (χ2n) is 5.76. The van der Waals surface area contributed by atoms with E-state index in [0.29, 0.717) is 6.54 Å². The van der Waals surface area contributed by atoms with Gasteiger partial charge in [0.1, 0.15) is 5.76 Å². The molecule has 2 N–H and O–H groups in total. The van der Waals surface area contributed by atoms with Gasteiger partial charge < -0.3 is 19.8 Å². The number of nitrogens with one attached hydrogen (secondary N) is 2. The topological polar surface area (TPSA) is 76.6 Å². The average Bonchev–Trinajstić information content (AvgIpc) is 3.23. The van der Waals surface area contributed by atoms with Crippen molar-refractivity contribution in [1.82, 2.24) is 20.4 Å². The number of guanidine groups is 1. The molecule has 0 unspecified atom stereocenters. The minimum Gasteiger partial charge on any atom is -0.481 e. The molecule has 2 heterocycles. The zero-order chi connectivity index (χ0) is 18.1. The van der Waals surface area contributed by atoms with Gasteiger partial charge in [-0.2, -0.15) is 5.10 Å². The van der Waals surface area contributed by atoms with Crippen molar-refractivity contribution in [1.29, 1.82) is 0 Å². The van der Waals surface area contributed by atoms with E-state index >= 15 is 0 Å². The molecule has 2 aromatic heterocycles. The van der Waals surface area contributed by atoms with Crippen molar-refractivity contribution in [2.24, 2.45) is 12.0 Å². The number of rotatable bonds is 9. The van der Waals surface area contributed by atoms with E-state index in [0.717, 1.165) is 61.2 Å². The van der Waals surface area contributed by atoms with Gasteiger partial charge in [0, 0.05) is 26.6 Å². The molecule has 0 aromatic carbocycles. The normalized spacial score (nSPS) is 11.6. The van der Waals surface area contributed by atoms with Crippen molar-refractivity contribution >= 4 is 5.96 Å². The molecule has 2 aromatic rings. The predicted octanol–water partition coefficient (Wildman–Crippen LogP) is 2.27. The summed E-state index contributed by atoms with van der Waals surface area (Å²) in [6.07, 6.45) is 4.40.